The molecule has 0 amide bonds. The van der Waals surface area contributed by atoms with Crippen LogP contribution in [0, 0.1) is 0 Å². The summed E-state index contributed by atoms with van der Waals surface area (Å²) in [4.78, 5) is 25.1. The lowest BCUT2D eigenvalue weighted by atomic mass is 10.1. The van der Waals surface area contributed by atoms with Gasteiger partial charge in [0, 0.05) is 10.4 Å². The van der Waals surface area contributed by atoms with Gasteiger partial charge in [-0.2, -0.15) is 5.10 Å². The second kappa shape index (κ2) is 7.32. The predicted molar refractivity (Wildman–Crippen MR) is 96.8 cm³/mol. The van der Waals surface area contributed by atoms with Crippen molar-refractivity contribution in [1.82, 2.24) is 9.78 Å². The van der Waals surface area contributed by atoms with Crippen molar-refractivity contribution < 1.29 is 9.53 Å². The summed E-state index contributed by atoms with van der Waals surface area (Å²) in [6.07, 6.45) is 0. The van der Waals surface area contributed by atoms with Gasteiger partial charge in [-0.05, 0) is 11.6 Å². The largest absolute Gasteiger partial charge is 0.455 e. The topological polar surface area (TPSA) is 61.2 Å². The molecule has 0 N–H and O–H groups in total. The van der Waals surface area contributed by atoms with Gasteiger partial charge in [0.05, 0.1) is 11.9 Å². The third-order valence-electron chi connectivity index (χ3n) is 3.60. The first-order valence-corrected chi connectivity index (χ1v) is 7.98. The zero-order valence-corrected chi connectivity index (χ0v) is 14.1. The molecule has 25 heavy (non-hydrogen) atoms. The van der Waals surface area contributed by atoms with Gasteiger partial charge in [0.1, 0.15) is 6.61 Å². The van der Waals surface area contributed by atoms with Gasteiger partial charge in [-0.15, -0.1) is 0 Å². The summed E-state index contributed by atoms with van der Waals surface area (Å²) in [5.41, 5.74) is 0.711. The average molecular weight is 355 g/mol. The lowest BCUT2D eigenvalue weighted by molar-refractivity contribution is 0.0539. The molecule has 0 saturated carbocycles. The first-order chi connectivity index (χ1) is 12.1. The molecule has 0 aliphatic rings. The molecule has 3 rings (SSSR count). The molecule has 2 aromatic carbocycles. The molecule has 0 radical (unpaired) electrons. The van der Waals surface area contributed by atoms with Crippen molar-refractivity contribution in [2.45, 2.75) is 6.54 Å². The van der Waals surface area contributed by atoms with E-state index in [1.807, 2.05) is 30.3 Å². The number of carbonyl (C=O) groups excluding carboxylic acids is 1. The summed E-state index contributed by atoms with van der Waals surface area (Å²) >= 11 is 5.64. The Labute approximate surface area is 149 Å². The summed E-state index contributed by atoms with van der Waals surface area (Å²) in [7, 11) is 0. The SMILES string of the molecule is C=C(Cl)COC(=O)c1nn(Cc2ccccc2)c(=O)c2ccccc12. The normalized spacial score (nSPS) is 10.6. The van der Waals surface area contributed by atoms with Crippen molar-refractivity contribution in [1.29, 1.82) is 0 Å². The number of aromatic nitrogens is 2. The van der Waals surface area contributed by atoms with Crippen LogP contribution in [0.5, 0.6) is 0 Å². The van der Waals surface area contributed by atoms with Gasteiger partial charge in [-0.3, -0.25) is 4.79 Å². The molecule has 6 heteroatoms. The third-order valence-corrected chi connectivity index (χ3v) is 3.71. The highest BCUT2D eigenvalue weighted by Crippen LogP contribution is 2.15. The lowest BCUT2D eigenvalue weighted by Crippen LogP contribution is -2.27. The molecule has 0 bridgehead atoms. The molecule has 0 atom stereocenters. The number of halogens is 1. The van der Waals surface area contributed by atoms with Crippen LogP contribution in [0.4, 0.5) is 0 Å². The van der Waals surface area contributed by atoms with E-state index in [1.54, 1.807) is 24.3 Å². The van der Waals surface area contributed by atoms with Crippen LogP contribution in [0.3, 0.4) is 0 Å². The molecule has 1 heterocycles. The Morgan fingerprint density at radius 2 is 1.72 bits per heavy atom. The highest BCUT2D eigenvalue weighted by molar-refractivity contribution is 6.29. The van der Waals surface area contributed by atoms with Gasteiger partial charge in [-0.1, -0.05) is 66.7 Å². The molecule has 5 nitrogen and oxygen atoms in total. The highest BCUT2D eigenvalue weighted by atomic mass is 35.5. The number of hydrogen-bond donors (Lipinski definition) is 0. The van der Waals surface area contributed by atoms with Crippen molar-refractivity contribution in [3.8, 4) is 0 Å². The summed E-state index contributed by atoms with van der Waals surface area (Å²) in [5, 5.41) is 5.29. The van der Waals surface area contributed by atoms with Crippen molar-refractivity contribution in [3.63, 3.8) is 0 Å². The number of esters is 1. The van der Waals surface area contributed by atoms with E-state index in [2.05, 4.69) is 11.7 Å². The summed E-state index contributed by atoms with van der Waals surface area (Å²) < 4.78 is 6.36. The Morgan fingerprint density at radius 3 is 2.40 bits per heavy atom. The van der Waals surface area contributed by atoms with Gasteiger partial charge in [0.2, 0.25) is 0 Å². The van der Waals surface area contributed by atoms with E-state index in [9.17, 15) is 9.59 Å². The average Bonchev–Trinajstić information content (AvgIpc) is 2.63. The number of carbonyl (C=O) groups is 1. The van der Waals surface area contributed by atoms with E-state index in [0.29, 0.717) is 10.8 Å². The number of nitrogens with zero attached hydrogens (tertiary/aromatic N) is 2. The van der Waals surface area contributed by atoms with Crippen molar-refractivity contribution in [3.05, 3.63) is 87.8 Å². The minimum absolute atomic E-state index is 0.0732. The standard InChI is InChI=1S/C19H15ClN2O3/c1-13(20)12-25-19(24)17-15-9-5-6-10-16(15)18(23)22(21-17)11-14-7-3-2-4-8-14/h2-10H,1,11-12H2. The number of hydrogen-bond acceptors (Lipinski definition) is 4. The molecule has 0 unspecified atom stereocenters. The summed E-state index contributed by atoms with van der Waals surface area (Å²) in [6, 6.07) is 16.2. The number of fused-ring (bicyclic) bond motifs is 1. The first-order valence-electron chi connectivity index (χ1n) is 7.60. The van der Waals surface area contributed by atoms with Gasteiger partial charge in [-0.25, -0.2) is 9.48 Å². The van der Waals surface area contributed by atoms with Crippen LogP contribution in [0.2, 0.25) is 0 Å². The minimum atomic E-state index is -0.653. The number of ether oxygens (including phenoxy) is 1. The smallest absolute Gasteiger partial charge is 0.359 e. The molecule has 1 aromatic heterocycles. The van der Waals surface area contributed by atoms with Gasteiger partial charge < -0.3 is 4.74 Å². The van der Waals surface area contributed by atoms with E-state index in [-0.39, 0.29) is 29.4 Å². The Bertz CT molecular complexity index is 996. The highest BCUT2D eigenvalue weighted by Gasteiger charge is 2.18. The van der Waals surface area contributed by atoms with Gasteiger partial charge in [0.15, 0.2) is 5.69 Å². The summed E-state index contributed by atoms with van der Waals surface area (Å²) in [5.74, 6) is -0.653. The quantitative estimate of drug-likeness (QED) is 0.659. The zero-order chi connectivity index (χ0) is 17.8. The van der Waals surface area contributed by atoms with Crippen LogP contribution in [0.25, 0.3) is 10.8 Å². The van der Waals surface area contributed by atoms with Crippen LogP contribution < -0.4 is 5.56 Å². The number of benzene rings is 2. The van der Waals surface area contributed by atoms with Gasteiger partial charge in [0.25, 0.3) is 5.56 Å². The third kappa shape index (κ3) is 3.78. The second-order valence-electron chi connectivity index (χ2n) is 5.44. The minimum Gasteiger partial charge on any atom is -0.455 e. The van der Waals surface area contributed by atoms with Gasteiger partial charge >= 0.3 is 5.97 Å². The van der Waals surface area contributed by atoms with E-state index in [4.69, 9.17) is 16.3 Å². The van der Waals surface area contributed by atoms with E-state index >= 15 is 0 Å². The van der Waals surface area contributed by atoms with Crippen molar-refractivity contribution in [2.75, 3.05) is 6.61 Å². The maximum Gasteiger partial charge on any atom is 0.359 e. The van der Waals surface area contributed by atoms with Crippen LogP contribution in [0.15, 0.2) is 71.0 Å². The molecule has 0 aliphatic carbocycles. The fourth-order valence-corrected chi connectivity index (χ4v) is 2.52. The van der Waals surface area contributed by atoms with Crippen molar-refractivity contribution in [2.24, 2.45) is 0 Å². The van der Waals surface area contributed by atoms with Crippen LogP contribution in [-0.2, 0) is 11.3 Å². The molecular weight excluding hydrogens is 340 g/mol. The zero-order valence-electron chi connectivity index (χ0n) is 13.3. The van der Waals surface area contributed by atoms with Crippen LogP contribution in [0.1, 0.15) is 16.1 Å². The first kappa shape index (κ1) is 16.9. The summed E-state index contributed by atoms with van der Waals surface area (Å²) in [6.45, 7) is 3.62. The van der Waals surface area contributed by atoms with Crippen molar-refractivity contribution >= 4 is 28.3 Å². The molecule has 0 aliphatic heterocycles. The van der Waals surface area contributed by atoms with E-state index in [1.165, 1.54) is 4.68 Å². The Balaban J connectivity index is 2.09. The monoisotopic (exact) mass is 354 g/mol. The lowest BCUT2D eigenvalue weighted by Gasteiger charge is -2.11. The fourth-order valence-electron chi connectivity index (χ4n) is 2.46. The Kier molecular flexibility index (Phi) is 4.95. The molecule has 3 aromatic rings. The Hall–Kier alpha value is -2.92. The second-order valence-corrected chi connectivity index (χ2v) is 5.97. The van der Waals surface area contributed by atoms with E-state index < -0.39 is 5.97 Å². The Morgan fingerprint density at radius 1 is 1.08 bits per heavy atom. The fraction of sp³-hybridized carbons (Fsp3) is 0.105. The molecule has 0 fully saturated rings. The molecular formula is C19H15ClN2O3. The van der Waals surface area contributed by atoms with Crippen LogP contribution >= 0.6 is 11.6 Å². The maximum absolute atomic E-state index is 12.7. The molecule has 0 saturated heterocycles. The number of rotatable bonds is 5. The van der Waals surface area contributed by atoms with Crippen LogP contribution in [-0.4, -0.2) is 22.4 Å². The molecule has 0 spiro atoms. The molecule has 126 valence electrons. The van der Waals surface area contributed by atoms with E-state index in [0.717, 1.165) is 5.56 Å². The predicted octanol–water partition coefficient (Wildman–Crippen LogP) is 3.35. The maximum atomic E-state index is 12.7.